The number of anilines is 1. The number of esters is 1. The molecule has 0 radical (unpaired) electrons. The molecule has 140 valence electrons. The highest BCUT2D eigenvalue weighted by atomic mass is 16.5. The van der Waals surface area contributed by atoms with E-state index in [4.69, 9.17) is 14.2 Å². The molecule has 1 saturated heterocycles. The van der Waals surface area contributed by atoms with E-state index < -0.39 is 11.9 Å². The highest BCUT2D eigenvalue weighted by Gasteiger charge is 2.41. The summed E-state index contributed by atoms with van der Waals surface area (Å²) in [6.45, 7) is 0.413. The molecule has 1 aromatic carbocycles. The number of nitrogens with zero attached hydrogens (tertiary/aromatic N) is 1. The molecule has 8 heteroatoms. The standard InChI is InChI=1S/C18H22N2O6/c1-24-14-7-12(18(23)26-3)13(8-15(14)25-2)19-17(22)10-6-16(21)20(9-10)11-4-5-11/h7-8,10-11H,4-6,9H2,1-3H3,(H,19,22)/t10-/m0/s1. The molecule has 1 heterocycles. The van der Waals surface area contributed by atoms with Crippen LogP contribution in [0.3, 0.4) is 0 Å². The van der Waals surface area contributed by atoms with Crippen molar-refractivity contribution >= 4 is 23.5 Å². The maximum atomic E-state index is 12.7. The molecule has 1 aromatic rings. The van der Waals surface area contributed by atoms with Crippen molar-refractivity contribution < 1.29 is 28.6 Å². The molecule has 1 aliphatic carbocycles. The lowest BCUT2D eigenvalue weighted by Gasteiger charge is -2.17. The number of nitrogens with one attached hydrogen (secondary N) is 1. The molecule has 1 N–H and O–H groups in total. The Morgan fingerprint density at radius 3 is 2.35 bits per heavy atom. The molecule has 0 aromatic heterocycles. The van der Waals surface area contributed by atoms with Gasteiger partial charge in [0.05, 0.1) is 38.5 Å². The van der Waals surface area contributed by atoms with Gasteiger partial charge in [0, 0.05) is 31.1 Å². The summed E-state index contributed by atoms with van der Waals surface area (Å²) in [7, 11) is 4.17. The average molecular weight is 362 g/mol. The maximum Gasteiger partial charge on any atom is 0.340 e. The zero-order valence-electron chi connectivity index (χ0n) is 15.0. The first-order valence-corrected chi connectivity index (χ1v) is 8.43. The number of hydrogen-bond donors (Lipinski definition) is 1. The fraction of sp³-hybridized carbons (Fsp3) is 0.500. The first-order chi connectivity index (χ1) is 12.5. The summed E-state index contributed by atoms with van der Waals surface area (Å²) in [5, 5.41) is 2.74. The maximum absolute atomic E-state index is 12.7. The van der Waals surface area contributed by atoms with Gasteiger partial charge in [-0.15, -0.1) is 0 Å². The highest BCUT2D eigenvalue weighted by molar-refractivity contribution is 6.04. The van der Waals surface area contributed by atoms with Gasteiger partial charge in [-0.3, -0.25) is 9.59 Å². The quantitative estimate of drug-likeness (QED) is 0.770. The molecule has 26 heavy (non-hydrogen) atoms. The topological polar surface area (TPSA) is 94.2 Å². The Bertz CT molecular complexity index is 743. The molecule has 0 unspecified atom stereocenters. The summed E-state index contributed by atoms with van der Waals surface area (Å²) < 4.78 is 15.2. The molecule has 2 aliphatic rings. The second-order valence-electron chi connectivity index (χ2n) is 6.41. The fourth-order valence-corrected chi connectivity index (χ4v) is 3.14. The minimum Gasteiger partial charge on any atom is -0.493 e. The lowest BCUT2D eigenvalue weighted by atomic mass is 10.1. The molecule has 8 nitrogen and oxygen atoms in total. The van der Waals surface area contributed by atoms with Crippen molar-refractivity contribution in [3.63, 3.8) is 0 Å². The largest absolute Gasteiger partial charge is 0.493 e. The van der Waals surface area contributed by atoms with Gasteiger partial charge in [-0.05, 0) is 12.8 Å². The molecule has 1 saturated carbocycles. The van der Waals surface area contributed by atoms with E-state index in [1.165, 1.54) is 33.5 Å². The molecule has 1 atom stereocenters. The van der Waals surface area contributed by atoms with Crippen LogP contribution in [0.4, 0.5) is 5.69 Å². The van der Waals surface area contributed by atoms with E-state index in [1.807, 2.05) is 0 Å². The molecule has 2 amide bonds. The van der Waals surface area contributed by atoms with Crippen LogP contribution in [-0.2, 0) is 14.3 Å². The van der Waals surface area contributed by atoms with Crippen LogP contribution >= 0.6 is 0 Å². The summed E-state index contributed by atoms with van der Waals surface area (Å²) in [5.74, 6) is -0.628. The number of methoxy groups -OCH3 is 3. The van der Waals surface area contributed by atoms with E-state index in [1.54, 1.807) is 4.90 Å². The van der Waals surface area contributed by atoms with Crippen molar-refractivity contribution in [1.82, 2.24) is 4.90 Å². The first-order valence-electron chi connectivity index (χ1n) is 8.43. The van der Waals surface area contributed by atoms with Gasteiger partial charge >= 0.3 is 5.97 Å². The predicted molar refractivity (Wildman–Crippen MR) is 92.4 cm³/mol. The van der Waals surface area contributed by atoms with E-state index in [-0.39, 0.29) is 35.5 Å². The smallest absolute Gasteiger partial charge is 0.340 e. The Kier molecular flexibility index (Phi) is 5.01. The van der Waals surface area contributed by atoms with Gasteiger partial charge in [0.25, 0.3) is 0 Å². The summed E-state index contributed by atoms with van der Waals surface area (Å²) in [6.07, 6.45) is 2.19. The Morgan fingerprint density at radius 2 is 1.77 bits per heavy atom. The van der Waals surface area contributed by atoms with Gasteiger partial charge < -0.3 is 24.4 Å². The van der Waals surface area contributed by atoms with Crippen LogP contribution in [0.1, 0.15) is 29.6 Å². The second-order valence-corrected chi connectivity index (χ2v) is 6.41. The van der Waals surface area contributed by atoms with Crippen molar-refractivity contribution in [3.8, 4) is 11.5 Å². The summed E-state index contributed by atoms with van der Waals surface area (Å²) in [5.41, 5.74) is 0.415. The number of likely N-dealkylation sites (tertiary alicyclic amines) is 1. The van der Waals surface area contributed by atoms with Crippen LogP contribution in [0, 0.1) is 5.92 Å². The number of ether oxygens (including phenoxy) is 3. The van der Waals surface area contributed by atoms with Gasteiger partial charge in [0.15, 0.2) is 11.5 Å². The monoisotopic (exact) mass is 362 g/mol. The number of rotatable bonds is 6. The zero-order chi connectivity index (χ0) is 18.8. The average Bonchev–Trinajstić information content (AvgIpc) is 3.42. The second kappa shape index (κ2) is 7.23. The van der Waals surface area contributed by atoms with Gasteiger partial charge in [0.2, 0.25) is 11.8 Å². The zero-order valence-corrected chi connectivity index (χ0v) is 15.0. The van der Waals surface area contributed by atoms with Crippen molar-refractivity contribution in [2.45, 2.75) is 25.3 Å². The van der Waals surface area contributed by atoms with Crippen LogP contribution < -0.4 is 14.8 Å². The SMILES string of the molecule is COC(=O)c1cc(OC)c(OC)cc1NC(=O)[C@H]1CC(=O)N(C2CC2)C1. The van der Waals surface area contributed by atoms with Crippen LogP contribution in [0.25, 0.3) is 0 Å². The number of benzene rings is 1. The summed E-state index contributed by atoms with van der Waals surface area (Å²) >= 11 is 0. The van der Waals surface area contributed by atoms with Crippen molar-refractivity contribution in [2.75, 3.05) is 33.2 Å². The third-order valence-electron chi connectivity index (χ3n) is 4.70. The molecular weight excluding hydrogens is 340 g/mol. The fourth-order valence-electron chi connectivity index (χ4n) is 3.14. The Balaban J connectivity index is 1.82. The van der Waals surface area contributed by atoms with E-state index in [0.29, 0.717) is 18.0 Å². The first kappa shape index (κ1) is 18.0. The van der Waals surface area contributed by atoms with Gasteiger partial charge in [-0.25, -0.2) is 4.79 Å². The molecule has 0 spiro atoms. The summed E-state index contributed by atoms with van der Waals surface area (Å²) in [6, 6.07) is 3.25. The van der Waals surface area contributed by atoms with E-state index in [9.17, 15) is 14.4 Å². The van der Waals surface area contributed by atoms with Crippen LogP contribution in [0.2, 0.25) is 0 Å². The molecular formula is C18H22N2O6. The molecule has 3 rings (SSSR count). The van der Waals surface area contributed by atoms with E-state index in [0.717, 1.165) is 12.8 Å². The van der Waals surface area contributed by atoms with Crippen LogP contribution in [-0.4, -0.2) is 56.6 Å². The molecule has 2 fully saturated rings. The van der Waals surface area contributed by atoms with Gasteiger partial charge in [-0.1, -0.05) is 0 Å². The number of amides is 2. The molecule has 0 bridgehead atoms. The van der Waals surface area contributed by atoms with E-state index >= 15 is 0 Å². The normalized spacial score (nSPS) is 19.3. The van der Waals surface area contributed by atoms with Crippen LogP contribution in [0.5, 0.6) is 11.5 Å². The summed E-state index contributed by atoms with van der Waals surface area (Å²) in [4.78, 5) is 38.6. The lowest BCUT2D eigenvalue weighted by Crippen LogP contribution is -2.30. The van der Waals surface area contributed by atoms with Gasteiger partial charge in [0.1, 0.15) is 0 Å². The third kappa shape index (κ3) is 3.44. The van der Waals surface area contributed by atoms with Crippen molar-refractivity contribution in [1.29, 1.82) is 0 Å². The van der Waals surface area contributed by atoms with E-state index in [2.05, 4.69) is 5.32 Å². The number of carbonyl (C=O) groups is 3. The lowest BCUT2D eigenvalue weighted by molar-refractivity contribution is -0.128. The Labute approximate surface area is 151 Å². The third-order valence-corrected chi connectivity index (χ3v) is 4.70. The minimum atomic E-state index is -0.608. The minimum absolute atomic E-state index is 0.00755. The Morgan fingerprint density at radius 1 is 1.12 bits per heavy atom. The highest BCUT2D eigenvalue weighted by Crippen LogP contribution is 2.35. The number of hydrogen-bond acceptors (Lipinski definition) is 6. The molecule has 1 aliphatic heterocycles. The van der Waals surface area contributed by atoms with Gasteiger partial charge in [-0.2, -0.15) is 0 Å². The van der Waals surface area contributed by atoms with Crippen molar-refractivity contribution in [3.05, 3.63) is 17.7 Å². The van der Waals surface area contributed by atoms with Crippen molar-refractivity contribution in [2.24, 2.45) is 5.92 Å². The predicted octanol–water partition coefficient (Wildman–Crippen LogP) is 1.44. The Hall–Kier alpha value is -2.77. The van der Waals surface area contributed by atoms with Crippen LogP contribution in [0.15, 0.2) is 12.1 Å². The number of carbonyl (C=O) groups excluding carboxylic acids is 3.